The van der Waals surface area contributed by atoms with E-state index in [0.29, 0.717) is 7.92 Å². The molecule has 0 fully saturated rings. The lowest BCUT2D eigenvalue weighted by Crippen LogP contribution is -1.95. The van der Waals surface area contributed by atoms with E-state index in [1.165, 1.54) is 154 Å². The van der Waals surface area contributed by atoms with E-state index >= 15 is 0 Å². The van der Waals surface area contributed by atoms with Crippen molar-refractivity contribution in [3.8, 4) is 0 Å². The molecule has 34 heavy (non-hydrogen) atoms. The van der Waals surface area contributed by atoms with E-state index in [2.05, 4.69) is 34.6 Å². The summed E-state index contributed by atoms with van der Waals surface area (Å²) in [6.07, 6.45) is 39.6. The van der Waals surface area contributed by atoms with Gasteiger partial charge in [0.25, 0.3) is 0 Å². The number of halogens is 1. The Morgan fingerprint density at radius 1 is 0.265 bits per heavy atom. The summed E-state index contributed by atoms with van der Waals surface area (Å²) in [5.41, 5.74) is 0. The zero-order chi connectivity index (χ0) is 24.7. The molecule has 0 aliphatic rings. The molecule has 0 N–H and O–H groups in total. The van der Waals surface area contributed by atoms with Crippen molar-refractivity contribution < 1.29 is 0 Å². The first kappa shape index (κ1) is 39.4. The Balaban J connectivity index is -0.000000598. The second-order valence-corrected chi connectivity index (χ2v) is 13.2. The standard InChI is InChI=1S/C20H42.C12H27P.BrH/c1-3-5-7-9-11-13-15-17-19-20-18-16-14-12-10-8-6-4-2;1-4-7-10-13(11-8-5-2)12-9-6-3;/h3-20H2,1-2H3;4-12H2,1-3H3;1H. The van der Waals surface area contributed by atoms with Crippen molar-refractivity contribution in [2.45, 2.75) is 189 Å². The van der Waals surface area contributed by atoms with E-state index in [1.807, 2.05) is 0 Å². The molecular weight excluding hydrogens is 495 g/mol. The molecule has 0 aliphatic heterocycles. The zero-order valence-electron chi connectivity index (χ0n) is 24.9. The van der Waals surface area contributed by atoms with E-state index < -0.39 is 0 Å². The lowest BCUT2D eigenvalue weighted by atomic mass is 10.0. The molecule has 0 aromatic carbocycles. The van der Waals surface area contributed by atoms with Gasteiger partial charge in [-0.2, -0.15) is 0 Å². The van der Waals surface area contributed by atoms with Crippen molar-refractivity contribution in [2.75, 3.05) is 18.5 Å². The lowest BCUT2D eigenvalue weighted by Gasteiger charge is -2.16. The van der Waals surface area contributed by atoms with Gasteiger partial charge in [-0.1, -0.05) is 169 Å². The fourth-order valence-corrected chi connectivity index (χ4v) is 7.42. The lowest BCUT2D eigenvalue weighted by molar-refractivity contribution is 0.526. The molecule has 0 aliphatic carbocycles. The molecule has 0 aromatic heterocycles. The van der Waals surface area contributed by atoms with Crippen LogP contribution in [0.15, 0.2) is 0 Å². The molecule has 2 heteroatoms. The normalized spacial score (nSPS) is 10.8. The fourth-order valence-electron chi connectivity index (χ4n) is 4.46. The Morgan fingerprint density at radius 3 is 0.618 bits per heavy atom. The van der Waals surface area contributed by atoms with Crippen molar-refractivity contribution in [3.05, 3.63) is 0 Å². The molecule has 0 saturated carbocycles. The molecule has 0 amide bonds. The minimum Gasteiger partial charge on any atom is -0.114 e. The second kappa shape index (κ2) is 38.4. The molecule has 210 valence electrons. The largest absolute Gasteiger partial charge is 0.114 e. The third-order valence-corrected chi connectivity index (χ3v) is 9.79. The van der Waals surface area contributed by atoms with Gasteiger partial charge in [0.1, 0.15) is 0 Å². The summed E-state index contributed by atoms with van der Waals surface area (Å²) in [6.45, 7) is 11.5. The molecular formula is C32H70BrP. The average Bonchev–Trinajstić information content (AvgIpc) is 2.83. The fraction of sp³-hybridized carbons (Fsp3) is 1.00. The van der Waals surface area contributed by atoms with Gasteiger partial charge in [0.05, 0.1) is 0 Å². The van der Waals surface area contributed by atoms with Gasteiger partial charge in [0.15, 0.2) is 0 Å². The highest BCUT2D eigenvalue weighted by molar-refractivity contribution is 8.93. The summed E-state index contributed by atoms with van der Waals surface area (Å²) in [6, 6.07) is 0. The van der Waals surface area contributed by atoms with Gasteiger partial charge in [0, 0.05) is 0 Å². The molecule has 0 rings (SSSR count). The van der Waals surface area contributed by atoms with Crippen molar-refractivity contribution in [1.82, 2.24) is 0 Å². The van der Waals surface area contributed by atoms with Gasteiger partial charge in [-0.25, -0.2) is 0 Å². The van der Waals surface area contributed by atoms with E-state index in [1.54, 1.807) is 18.5 Å². The Morgan fingerprint density at radius 2 is 0.441 bits per heavy atom. The summed E-state index contributed by atoms with van der Waals surface area (Å²) < 4.78 is 0. The van der Waals surface area contributed by atoms with Crippen LogP contribution in [0.5, 0.6) is 0 Å². The Labute approximate surface area is 231 Å². The summed E-state index contributed by atoms with van der Waals surface area (Å²) in [5.74, 6) is 0. The predicted octanol–water partition coefficient (Wildman–Crippen LogP) is 13.5. The molecule has 0 saturated heterocycles. The highest BCUT2D eigenvalue weighted by Gasteiger charge is 2.05. The number of rotatable bonds is 26. The Kier molecular flexibility index (Phi) is 44.6. The maximum absolute atomic E-state index is 2.31. The minimum atomic E-state index is 0. The van der Waals surface area contributed by atoms with Gasteiger partial charge in [0.2, 0.25) is 0 Å². The average molecular weight is 566 g/mol. The van der Waals surface area contributed by atoms with Crippen molar-refractivity contribution in [3.63, 3.8) is 0 Å². The summed E-state index contributed by atoms with van der Waals surface area (Å²) >= 11 is 0. The van der Waals surface area contributed by atoms with Gasteiger partial charge in [-0.15, -0.1) is 24.9 Å². The maximum atomic E-state index is 2.31. The first-order valence-electron chi connectivity index (χ1n) is 16.0. The van der Waals surface area contributed by atoms with Gasteiger partial charge < -0.3 is 0 Å². The van der Waals surface area contributed by atoms with E-state index in [9.17, 15) is 0 Å². The monoisotopic (exact) mass is 564 g/mol. The zero-order valence-corrected chi connectivity index (χ0v) is 27.6. The van der Waals surface area contributed by atoms with Crippen LogP contribution >= 0.6 is 24.9 Å². The van der Waals surface area contributed by atoms with E-state index in [0.717, 1.165) is 0 Å². The highest BCUT2D eigenvalue weighted by atomic mass is 79.9. The number of unbranched alkanes of at least 4 members (excludes halogenated alkanes) is 20. The van der Waals surface area contributed by atoms with E-state index in [-0.39, 0.29) is 17.0 Å². The van der Waals surface area contributed by atoms with Crippen molar-refractivity contribution in [2.24, 2.45) is 0 Å². The van der Waals surface area contributed by atoms with Crippen LogP contribution in [0.1, 0.15) is 189 Å². The summed E-state index contributed by atoms with van der Waals surface area (Å²) in [5, 5.41) is 0. The molecule has 0 bridgehead atoms. The molecule has 0 spiro atoms. The Bertz CT molecular complexity index is 270. The molecule has 0 radical (unpaired) electrons. The molecule has 0 aromatic rings. The van der Waals surface area contributed by atoms with Crippen LogP contribution in [-0.2, 0) is 0 Å². The SMILES string of the molecule is Br.CCCCCCCCCCCCCCCCCCCC.CCCCP(CCCC)CCCC. The van der Waals surface area contributed by atoms with Crippen LogP contribution in [0, 0.1) is 0 Å². The smallest absolute Gasteiger partial charge is 0.0326 e. The quantitative estimate of drug-likeness (QED) is 0.0723. The first-order chi connectivity index (χ1) is 16.3. The van der Waals surface area contributed by atoms with Crippen LogP contribution in [0.3, 0.4) is 0 Å². The van der Waals surface area contributed by atoms with Gasteiger partial charge >= 0.3 is 0 Å². The predicted molar refractivity (Wildman–Crippen MR) is 171 cm³/mol. The second-order valence-electron chi connectivity index (χ2n) is 10.6. The summed E-state index contributed by atoms with van der Waals surface area (Å²) in [4.78, 5) is 0. The minimum absolute atomic E-state index is 0. The molecule has 0 atom stereocenters. The molecule has 0 nitrogen and oxygen atoms in total. The van der Waals surface area contributed by atoms with Crippen LogP contribution in [-0.4, -0.2) is 18.5 Å². The van der Waals surface area contributed by atoms with Gasteiger partial charge in [-0.3, -0.25) is 0 Å². The third kappa shape index (κ3) is 37.5. The number of hydrogen-bond donors (Lipinski definition) is 0. The number of hydrogen-bond acceptors (Lipinski definition) is 0. The first-order valence-corrected chi connectivity index (χ1v) is 17.9. The van der Waals surface area contributed by atoms with Crippen LogP contribution in [0.25, 0.3) is 0 Å². The summed E-state index contributed by atoms with van der Waals surface area (Å²) in [7, 11) is 0.422. The van der Waals surface area contributed by atoms with E-state index in [4.69, 9.17) is 0 Å². The topological polar surface area (TPSA) is 0 Å². The molecule has 0 unspecified atom stereocenters. The molecule has 0 heterocycles. The maximum Gasteiger partial charge on any atom is -0.0326 e. The van der Waals surface area contributed by atoms with Crippen LogP contribution < -0.4 is 0 Å². The van der Waals surface area contributed by atoms with Crippen molar-refractivity contribution >= 4 is 24.9 Å². The van der Waals surface area contributed by atoms with Crippen molar-refractivity contribution in [1.29, 1.82) is 0 Å². The van der Waals surface area contributed by atoms with Crippen LogP contribution in [0.4, 0.5) is 0 Å². The highest BCUT2D eigenvalue weighted by Crippen LogP contribution is 2.38. The third-order valence-electron chi connectivity index (χ3n) is 6.94. The van der Waals surface area contributed by atoms with Crippen LogP contribution in [0.2, 0.25) is 0 Å². The van der Waals surface area contributed by atoms with Gasteiger partial charge in [-0.05, 0) is 37.7 Å². The Hall–Kier alpha value is 0.910.